The van der Waals surface area contributed by atoms with Crippen molar-refractivity contribution >= 4 is 22.4 Å². The molecule has 3 rings (SSSR count). The van der Waals surface area contributed by atoms with Gasteiger partial charge in [0.25, 0.3) is 0 Å². The van der Waals surface area contributed by atoms with Gasteiger partial charge in [-0.05, 0) is 42.7 Å². The first-order chi connectivity index (χ1) is 11.1. The van der Waals surface area contributed by atoms with Gasteiger partial charge in [0.2, 0.25) is 5.91 Å². The standard InChI is InChI=1S/C18H18FNO2S/c1-13(23(22)12-14-6-8-16(19)9-7-14)18(21)20-11-10-15-4-2-3-5-17(15)20/h2-9,13H,10-12H2,1H3/t13-,23+/m0/s1. The molecule has 1 heterocycles. The van der Waals surface area contributed by atoms with Gasteiger partial charge in [0.15, 0.2) is 0 Å². The molecule has 120 valence electrons. The first-order valence-corrected chi connectivity index (χ1v) is 8.95. The number of hydrogen-bond acceptors (Lipinski definition) is 2. The number of nitrogens with zero attached hydrogens (tertiary/aromatic N) is 1. The fourth-order valence-corrected chi connectivity index (χ4v) is 3.89. The fourth-order valence-electron chi connectivity index (χ4n) is 2.77. The maximum Gasteiger partial charge on any atom is 0.242 e. The summed E-state index contributed by atoms with van der Waals surface area (Å²) in [4.78, 5) is 14.4. The minimum absolute atomic E-state index is 0.115. The van der Waals surface area contributed by atoms with Gasteiger partial charge < -0.3 is 4.90 Å². The molecular formula is C18H18FNO2S. The Balaban J connectivity index is 1.70. The van der Waals surface area contributed by atoms with E-state index in [4.69, 9.17) is 0 Å². The minimum Gasteiger partial charge on any atom is -0.311 e. The lowest BCUT2D eigenvalue weighted by atomic mass is 10.2. The van der Waals surface area contributed by atoms with Crippen molar-refractivity contribution in [1.29, 1.82) is 0 Å². The number of fused-ring (bicyclic) bond motifs is 1. The Bertz CT molecular complexity index is 745. The molecule has 0 aromatic heterocycles. The SMILES string of the molecule is C[C@@H](C(=O)N1CCc2ccccc21)[S@](=O)Cc1ccc(F)cc1. The van der Waals surface area contributed by atoms with E-state index in [1.54, 1.807) is 24.0 Å². The van der Waals surface area contributed by atoms with Gasteiger partial charge in [-0.3, -0.25) is 9.00 Å². The highest BCUT2D eigenvalue weighted by atomic mass is 32.2. The molecule has 0 N–H and O–H groups in total. The molecule has 23 heavy (non-hydrogen) atoms. The smallest absolute Gasteiger partial charge is 0.242 e. The van der Waals surface area contributed by atoms with Crippen LogP contribution in [0.25, 0.3) is 0 Å². The molecule has 0 saturated carbocycles. The number of anilines is 1. The van der Waals surface area contributed by atoms with E-state index in [1.807, 2.05) is 24.3 Å². The van der Waals surface area contributed by atoms with E-state index in [1.165, 1.54) is 12.1 Å². The van der Waals surface area contributed by atoms with E-state index in [2.05, 4.69) is 0 Å². The van der Waals surface area contributed by atoms with Crippen molar-refractivity contribution < 1.29 is 13.4 Å². The van der Waals surface area contributed by atoms with Crippen LogP contribution in [0.3, 0.4) is 0 Å². The Morgan fingerprint density at radius 3 is 2.65 bits per heavy atom. The largest absolute Gasteiger partial charge is 0.311 e. The zero-order valence-corrected chi connectivity index (χ0v) is 13.7. The Morgan fingerprint density at radius 2 is 1.91 bits per heavy atom. The van der Waals surface area contributed by atoms with E-state index >= 15 is 0 Å². The summed E-state index contributed by atoms with van der Waals surface area (Å²) >= 11 is 0. The van der Waals surface area contributed by atoms with E-state index in [0.717, 1.165) is 23.2 Å². The summed E-state index contributed by atoms with van der Waals surface area (Å²) in [7, 11) is -1.34. The number of carbonyl (C=O) groups is 1. The van der Waals surface area contributed by atoms with Crippen LogP contribution in [0.5, 0.6) is 0 Å². The number of amides is 1. The molecule has 5 heteroatoms. The summed E-state index contributed by atoms with van der Waals surface area (Å²) in [5, 5.41) is -0.591. The first-order valence-electron chi connectivity index (χ1n) is 7.57. The zero-order valence-electron chi connectivity index (χ0n) is 12.9. The molecular weight excluding hydrogens is 313 g/mol. The quantitative estimate of drug-likeness (QED) is 0.863. The van der Waals surface area contributed by atoms with Gasteiger partial charge in [0, 0.05) is 28.8 Å². The predicted octanol–water partition coefficient (Wildman–Crippen LogP) is 3.05. The van der Waals surface area contributed by atoms with Crippen LogP contribution in [-0.4, -0.2) is 21.9 Å². The van der Waals surface area contributed by atoms with Crippen LogP contribution in [0.4, 0.5) is 10.1 Å². The molecule has 0 aliphatic carbocycles. The normalized spacial score (nSPS) is 16.0. The zero-order chi connectivity index (χ0) is 16.4. The second-order valence-electron chi connectivity index (χ2n) is 5.66. The van der Waals surface area contributed by atoms with Crippen molar-refractivity contribution in [1.82, 2.24) is 0 Å². The van der Waals surface area contributed by atoms with Crippen molar-refractivity contribution in [2.75, 3.05) is 11.4 Å². The van der Waals surface area contributed by atoms with Gasteiger partial charge >= 0.3 is 0 Å². The molecule has 0 unspecified atom stereocenters. The van der Waals surface area contributed by atoms with Gasteiger partial charge in [-0.2, -0.15) is 0 Å². The minimum atomic E-state index is -1.34. The van der Waals surface area contributed by atoms with Crippen LogP contribution in [-0.2, 0) is 27.8 Å². The van der Waals surface area contributed by atoms with E-state index in [0.29, 0.717) is 6.54 Å². The molecule has 1 amide bonds. The summed E-state index contributed by atoms with van der Waals surface area (Å²) in [5.41, 5.74) is 2.84. The topological polar surface area (TPSA) is 37.4 Å². The molecule has 0 spiro atoms. The highest BCUT2D eigenvalue weighted by Crippen LogP contribution is 2.28. The molecule has 3 nitrogen and oxygen atoms in total. The van der Waals surface area contributed by atoms with Crippen molar-refractivity contribution in [2.24, 2.45) is 0 Å². The highest BCUT2D eigenvalue weighted by molar-refractivity contribution is 7.85. The third kappa shape index (κ3) is 3.34. The molecule has 2 aromatic carbocycles. The third-order valence-electron chi connectivity index (χ3n) is 4.12. The average molecular weight is 331 g/mol. The lowest BCUT2D eigenvalue weighted by molar-refractivity contribution is -0.117. The molecule has 0 radical (unpaired) electrons. The molecule has 1 aliphatic heterocycles. The molecule has 0 saturated heterocycles. The number of halogens is 1. The lowest BCUT2D eigenvalue weighted by Gasteiger charge is -2.21. The number of rotatable bonds is 4. The summed E-state index contributed by atoms with van der Waals surface area (Å²) in [6, 6.07) is 13.7. The van der Waals surface area contributed by atoms with Crippen molar-refractivity contribution in [3.8, 4) is 0 Å². The van der Waals surface area contributed by atoms with Crippen LogP contribution in [0.15, 0.2) is 48.5 Å². The maximum absolute atomic E-state index is 12.9. The molecule has 2 atom stereocenters. The Morgan fingerprint density at radius 1 is 1.22 bits per heavy atom. The average Bonchev–Trinajstić information content (AvgIpc) is 2.99. The second-order valence-corrected chi connectivity index (χ2v) is 7.42. The van der Waals surface area contributed by atoms with Crippen molar-refractivity contribution in [2.45, 2.75) is 24.3 Å². The monoisotopic (exact) mass is 331 g/mol. The van der Waals surface area contributed by atoms with Gasteiger partial charge in [-0.25, -0.2) is 4.39 Å². The number of hydrogen-bond donors (Lipinski definition) is 0. The summed E-state index contributed by atoms with van der Waals surface area (Å²) in [6.45, 7) is 2.33. The molecule has 0 fully saturated rings. The van der Waals surface area contributed by atoms with Gasteiger partial charge in [0.1, 0.15) is 11.1 Å². The Kier molecular flexibility index (Phi) is 4.57. The first kappa shape index (κ1) is 15.9. The Hall–Kier alpha value is -2.01. The van der Waals surface area contributed by atoms with E-state index in [9.17, 15) is 13.4 Å². The van der Waals surface area contributed by atoms with E-state index in [-0.39, 0.29) is 17.5 Å². The van der Waals surface area contributed by atoms with Gasteiger partial charge in [-0.15, -0.1) is 0 Å². The van der Waals surface area contributed by atoms with Crippen LogP contribution in [0.2, 0.25) is 0 Å². The number of para-hydroxylation sites is 1. The number of benzene rings is 2. The Labute approximate surface area is 137 Å². The van der Waals surface area contributed by atoms with Gasteiger partial charge in [-0.1, -0.05) is 30.3 Å². The summed E-state index contributed by atoms with van der Waals surface area (Å²) in [6.07, 6.45) is 0.833. The van der Waals surface area contributed by atoms with Crippen molar-refractivity contribution in [3.63, 3.8) is 0 Å². The van der Waals surface area contributed by atoms with Crippen LogP contribution in [0, 0.1) is 5.82 Å². The number of carbonyl (C=O) groups excluding carboxylic acids is 1. The maximum atomic E-state index is 12.9. The second kappa shape index (κ2) is 6.62. The summed E-state index contributed by atoms with van der Waals surface area (Å²) < 4.78 is 25.4. The van der Waals surface area contributed by atoms with Crippen LogP contribution >= 0.6 is 0 Å². The molecule has 0 bridgehead atoms. The van der Waals surface area contributed by atoms with Crippen LogP contribution < -0.4 is 4.90 Å². The fraction of sp³-hybridized carbons (Fsp3) is 0.278. The molecule has 2 aromatic rings. The molecule has 1 aliphatic rings. The van der Waals surface area contributed by atoms with Crippen LogP contribution in [0.1, 0.15) is 18.1 Å². The van der Waals surface area contributed by atoms with Crippen molar-refractivity contribution in [3.05, 3.63) is 65.5 Å². The summed E-state index contributed by atoms with van der Waals surface area (Å²) in [5.74, 6) is -0.185. The lowest BCUT2D eigenvalue weighted by Crippen LogP contribution is -2.39. The van der Waals surface area contributed by atoms with Gasteiger partial charge in [0.05, 0.1) is 0 Å². The predicted molar refractivity (Wildman–Crippen MR) is 90.2 cm³/mol. The van der Waals surface area contributed by atoms with E-state index < -0.39 is 16.0 Å². The third-order valence-corrected chi connectivity index (χ3v) is 5.73. The highest BCUT2D eigenvalue weighted by Gasteiger charge is 2.30.